The molecule has 1 aromatic heterocycles. The first-order valence-electron chi connectivity index (χ1n) is 9.06. The smallest absolute Gasteiger partial charge is 0.313 e. The summed E-state index contributed by atoms with van der Waals surface area (Å²) in [4.78, 5) is 42.5. The van der Waals surface area contributed by atoms with E-state index in [4.69, 9.17) is 4.74 Å². The van der Waals surface area contributed by atoms with E-state index in [-0.39, 0.29) is 5.78 Å². The lowest BCUT2D eigenvalue weighted by Gasteiger charge is -2.26. The van der Waals surface area contributed by atoms with Crippen LogP contribution in [-0.2, 0) is 21.4 Å². The Morgan fingerprint density at radius 2 is 1.82 bits per heavy atom. The molecule has 2 N–H and O–H groups in total. The van der Waals surface area contributed by atoms with Gasteiger partial charge in [0.05, 0.1) is 13.2 Å². The largest absolute Gasteiger partial charge is 0.379 e. The Hall–Kier alpha value is -3.04. The molecule has 0 aliphatic carbocycles. The Labute approximate surface area is 162 Å². The van der Waals surface area contributed by atoms with Crippen molar-refractivity contribution in [3.8, 4) is 0 Å². The number of anilines is 1. The molecule has 0 unspecified atom stereocenters. The molecule has 1 aliphatic rings. The van der Waals surface area contributed by atoms with Gasteiger partial charge in [0.15, 0.2) is 5.82 Å². The van der Waals surface area contributed by atoms with E-state index < -0.39 is 11.8 Å². The molecule has 3 rings (SSSR count). The second-order valence-corrected chi connectivity index (χ2v) is 6.43. The third-order valence-corrected chi connectivity index (χ3v) is 4.45. The number of carbonyl (C=O) groups is 3. The fraction of sp³-hybridized carbons (Fsp3) is 0.368. The average Bonchev–Trinajstić information content (AvgIpc) is 3.14. The van der Waals surface area contributed by atoms with Crippen molar-refractivity contribution < 1.29 is 19.1 Å². The van der Waals surface area contributed by atoms with E-state index in [0.717, 1.165) is 13.1 Å². The zero-order chi connectivity index (χ0) is 19.9. The summed E-state index contributed by atoms with van der Waals surface area (Å²) in [6, 6.07) is 6.33. The van der Waals surface area contributed by atoms with E-state index in [1.54, 1.807) is 48.3 Å². The number of amides is 2. The zero-order valence-electron chi connectivity index (χ0n) is 15.7. The average molecular weight is 385 g/mol. The Balaban J connectivity index is 1.47. The van der Waals surface area contributed by atoms with Gasteiger partial charge in [0, 0.05) is 56.9 Å². The van der Waals surface area contributed by atoms with Gasteiger partial charge >= 0.3 is 11.8 Å². The van der Waals surface area contributed by atoms with Gasteiger partial charge in [-0.15, -0.1) is 0 Å². The summed E-state index contributed by atoms with van der Waals surface area (Å²) in [6.07, 6.45) is 3.25. The molecule has 0 radical (unpaired) electrons. The van der Waals surface area contributed by atoms with E-state index in [2.05, 4.69) is 20.5 Å². The maximum absolute atomic E-state index is 12.4. The number of imidazole rings is 1. The van der Waals surface area contributed by atoms with E-state index in [0.29, 0.717) is 43.4 Å². The van der Waals surface area contributed by atoms with Crippen molar-refractivity contribution in [2.45, 2.75) is 0 Å². The van der Waals surface area contributed by atoms with Crippen molar-refractivity contribution in [1.29, 1.82) is 0 Å². The molecular formula is C19H23N5O4. The number of hydrogen-bond acceptors (Lipinski definition) is 6. The summed E-state index contributed by atoms with van der Waals surface area (Å²) in [6.45, 7) is 4.09. The summed E-state index contributed by atoms with van der Waals surface area (Å²) in [5.41, 5.74) is 0.881. The van der Waals surface area contributed by atoms with Crippen LogP contribution in [0.1, 0.15) is 16.2 Å². The molecule has 1 aromatic carbocycles. The third kappa shape index (κ3) is 5.02. The number of nitrogens with one attached hydrogen (secondary N) is 2. The van der Waals surface area contributed by atoms with Gasteiger partial charge in [0.25, 0.3) is 0 Å². The fourth-order valence-electron chi connectivity index (χ4n) is 2.84. The summed E-state index contributed by atoms with van der Waals surface area (Å²) >= 11 is 0. The number of aryl methyl sites for hydroxylation is 1. The number of carbonyl (C=O) groups excluding carboxylic acids is 3. The highest BCUT2D eigenvalue weighted by Gasteiger charge is 2.16. The van der Waals surface area contributed by atoms with Gasteiger partial charge in [0.1, 0.15) is 0 Å². The monoisotopic (exact) mass is 385 g/mol. The predicted molar refractivity (Wildman–Crippen MR) is 102 cm³/mol. The maximum atomic E-state index is 12.4. The zero-order valence-corrected chi connectivity index (χ0v) is 15.7. The van der Waals surface area contributed by atoms with Crippen LogP contribution in [0.2, 0.25) is 0 Å². The molecule has 0 atom stereocenters. The minimum Gasteiger partial charge on any atom is -0.379 e. The quantitative estimate of drug-likeness (QED) is 0.537. The molecule has 9 nitrogen and oxygen atoms in total. The van der Waals surface area contributed by atoms with Crippen LogP contribution in [0.25, 0.3) is 0 Å². The third-order valence-electron chi connectivity index (χ3n) is 4.45. The number of ketones is 1. The van der Waals surface area contributed by atoms with Gasteiger partial charge in [-0.05, 0) is 24.3 Å². The van der Waals surface area contributed by atoms with Crippen LogP contribution in [0, 0.1) is 0 Å². The van der Waals surface area contributed by atoms with Crippen molar-refractivity contribution in [2.75, 3.05) is 44.7 Å². The van der Waals surface area contributed by atoms with Crippen molar-refractivity contribution in [3.63, 3.8) is 0 Å². The molecule has 2 amide bonds. The van der Waals surface area contributed by atoms with Gasteiger partial charge < -0.3 is 19.9 Å². The second kappa shape index (κ2) is 9.25. The molecule has 0 spiro atoms. The molecule has 28 heavy (non-hydrogen) atoms. The lowest BCUT2D eigenvalue weighted by molar-refractivity contribution is -0.136. The van der Waals surface area contributed by atoms with E-state index in [1.165, 1.54) is 0 Å². The predicted octanol–water partition coefficient (Wildman–Crippen LogP) is 0.0380. The van der Waals surface area contributed by atoms with Crippen LogP contribution in [0.4, 0.5) is 5.69 Å². The molecule has 2 heterocycles. The van der Waals surface area contributed by atoms with Crippen LogP contribution < -0.4 is 10.6 Å². The minimum atomic E-state index is -0.745. The highest BCUT2D eigenvalue weighted by Crippen LogP contribution is 2.13. The maximum Gasteiger partial charge on any atom is 0.313 e. The summed E-state index contributed by atoms with van der Waals surface area (Å²) in [5, 5.41) is 5.13. The van der Waals surface area contributed by atoms with Gasteiger partial charge in [-0.3, -0.25) is 19.3 Å². The van der Waals surface area contributed by atoms with Gasteiger partial charge in [-0.1, -0.05) is 0 Å². The topological polar surface area (TPSA) is 106 Å². The molecule has 1 aliphatic heterocycles. The van der Waals surface area contributed by atoms with Crippen molar-refractivity contribution in [1.82, 2.24) is 19.8 Å². The van der Waals surface area contributed by atoms with Crippen LogP contribution in [0.15, 0.2) is 36.7 Å². The van der Waals surface area contributed by atoms with E-state index >= 15 is 0 Å². The first kappa shape index (κ1) is 19.7. The second-order valence-electron chi connectivity index (χ2n) is 6.43. The number of morpholine rings is 1. The highest BCUT2D eigenvalue weighted by atomic mass is 16.5. The van der Waals surface area contributed by atoms with E-state index in [1.807, 2.05) is 0 Å². The van der Waals surface area contributed by atoms with Crippen molar-refractivity contribution in [2.24, 2.45) is 7.05 Å². The molecule has 1 fully saturated rings. The molecule has 2 aromatic rings. The number of rotatable bonds is 6. The molecule has 148 valence electrons. The van der Waals surface area contributed by atoms with Gasteiger partial charge in [-0.25, -0.2) is 4.98 Å². The van der Waals surface area contributed by atoms with Crippen molar-refractivity contribution >= 4 is 23.3 Å². The van der Waals surface area contributed by atoms with E-state index in [9.17, 15) is 14.4 Å². The Bertz CT molecular complexity index is 840. The van der Waals surface area contributed by atoms with Crippen LogP contribution in [0.3, 0.4) is 0 Å². The lowest BCUT2D eigenvalue weighted by atomic mass is 10.1. The number of ether oxygens (including phenoxy) is 1. The number of benzene rings is 1. The number of hydrogen-bond donors (Lipinski definition) is 2. The summed E-state index contributed by atoms with van der Waals surface area (Å²) in [5.74, 6) is -1.32. The number of nitrogens with zero attached hydrogens (tertiary/aromatic N) is 3. The fourth-order valence-corrected chi connectivity index (χ4v) is 2.84. The van der Waals surface area contributed by atoms with Crippen LogP contribution in [0.5, 0.6) is 0 Å². The molecular weight excluding hydrogens is 362 g/mol. The molecule has 0 saturated carbocycles. The first-order valence-corrected chi connectivity index (χ1v) is 9.06. The van der Waals surface area contributed by atoms with Crippen LogP contribution in [-0.4, -0.2) is 71.4 Å². The molecule has 0 bridgehead atoms. The Morgan fingerprint density at radius 3 is 2.46 bits per heavy atom. The summed E-state index contributed by atoms with van der Waals surface area (Å²) in [7, 11) is 1.74. The molecule has 9 heteroatoms. The standard InChI is InChI=1S/C19H23N5O4/c1-23-8-6-20-17(23)16(25)14-2-4-15(5-3-14)22-19(27)18(26)21-7-9-24-10-12-28-13-11-24/h2-6,8H,7,9-13H2,1H3,(H,21,26)(H,22,27). The SMILES string of the molecule is Cn1ccnc1C(=O)c1ccc(NC(=O)C(=O)NCCN2CCOCC2)cc1. The van der Waals surface area contributed by atoms with Gasteiger partial charge in [-0.2, -0.15) is 0 Å². The highest BCUT2D eigenvalue weighted by molar-refractivity contribution is 6.39. The number of aromatic nitrogens is 2. The normalized spacial score (nSPS) is 14.5. The van der Waals surface area contributed by atoms with Crippen LogP contribution >= 0.6 is 0 Å². The van der Waals surface area contributed by atoms with Crippen molar-refractivity contribution in [3.05, 3.63) is 48.0 Å². The Morgan fingerprint density at radius 1 is 1.11 bits per heavy atom. The lowest BCUT2D eigenvalue weighted by Crippen LogP contribution is -2.43. The minimum absolute atomic E-state index is 0.216. The Kier molecular flexibility index (Phi) is 6.51. The summed E-state index contributed by atoms with van der Waals surface area (Å²) < 4.78 is 6.90. The van der Waals surface area contributed by atoms with Gasteiger partial charge in [0.2, 0.25) is 5.78 Å². The molecule has 1 saturated heterocycles. The first-order chi connectivity index (χ1) is 13.5.